The van der Waals surface area contributed by atoms with Crippen LogP contribution in [0.1, 0.15) is 43.0 Å². The summed E-state index contributed by atoms with van der Waals surface area (Å²) in [6, 6.07) is 1.69. The average Bonchev–Trinajstić information content (AvgIpc) is 2.95. The van der Waals surface area contributed by atoms with E-state index >= 15 is 0 Å². The van der Waals surface area contributed by atoms with Gasteiger partial charge in [-0.2, -0.15) is 0 Å². The van der Waals surface area contributed by atoms with Crippen LogP contribution in [0.5, 0.6) is 0 Å². The van der Waals surface area contributed by atoms with Crippen LogP contribution < -0.4 is 10.6 Å². The molecule has 21 heavy (non-hydrogen) atoms. The van der Waals surface area contributed by atoms with Crippen molar-refractivity contribution in [2.24, 2.45) is 5.92 Å². The molecule has 1 aromatic rings. The van der Waals surface area contributed by atoms with Crippen molar-refractivity contribution in [3.8, 4) is 0 Å². The summed E-state index contributed by atoms with van der Waals surface area (Å²) in [6.45, 7) is 8.08. The largest absolute Gasteiger partial charge is 0.376 e. The maximum atomic E-state index is 12.1. The second-order valence-electron chi connectivity index (χ2n) is 5.81. The number of rotatable bonds is 6. The van der Waals surface area contributed by atoms with Crippen LogP contribution in [0.2, 0.25) is 0 Å². The summed E-state index contributed by atoms with van der Waals surface area (Å²) < 4.78 is 5.56. The Morgan fingerprint density at radius 2 is 2.29 bits per heavy atom. The number of nitrogens with one attached hydrogen (secondary N) is 2. The minimum Gasteiger partial charge on any atom is -0.376 e. The zero-order valence-electron chi connectivity index (χ0n) is 13.0. The summed E-state index contributed by atoms with van der Waals surface area (Å²) in [5.41, 5.74) is 0.401. The number of nitrogens with zero attached hydrogens (tertiary/aromatic N) is 2. The van der Waals surface area contributed by atoms with E-state index in [1.807, 2.05) is 0 Å². The van der Waals surface area contributed by atoms with E-state index in [0.717, 1.165) is 19.4 Å². The lowest BCUT2D eigenvalue weighted by molar-refractivity contribution is 0.0943. The van der Waals surface area contributed by atoms with Gasteiger partial charge in [0.1, 0.15) is 17.3 Å². The Bertz CT molecular complexity index is 485. The van der Waals surface area contributed by atoms with Crippen molar-refractivity contribution in [3.05, 3.63) is 17.6 Å². The highest BCUT2D eigenvalue weighted by Crippen LogP contribution is 2.13. The minimum atomic E-state index is -0.158. The molecule has 2 N–H and O–H groups in total. The van der Waals surface area contributed by atoms with Crippen LogP contribution in [0.15, 0.2) is 6.07 Å². The van der Waals surface area contributed by atoms with Gasteiger partial charge in [-0.3, -0.25) is 4.79 Å². The molecule has 2 rings (SSSR count). The topological polar surface area (TPSA) is 76.1 Å². The summed E-state index contributed by atoms with van der Waals surface area (Å²) >= 11 is 0. The van der Waals surface area contributed by atoms with Crippen molar-refractivity contribution in [3.63, 3.8) is 0 Å². The highest BCUT2D eigenvalue weighted by atomic mass is 16.5. The fourth-order valence-corrected chi connectivity index (χ4v) is 2.19. The molecule has 1 aromatic heterocycles. The van der Waals surface area contributed by atoms with Crippen molar-refractivity contribution in [1.29, 1.82) is 0 Å². The lowest BCUT2D eigenvalue weighted by atomic mass is 10.2. The molecular formula is C15H24N4O2. The summed E-state index contributed by atoms with van der Waals surface area (Å²) in [7, 11) is 0. The van der Waals surface area contributed by atoms with Gasteiger partial charge in [-0.05, 0) is 25.7 Å². The van der Waals surface area contributed by atoms with Crippen LogP contribution >= 0.6 is 0 Å². The van der Waals surface area contributed by atoms with Gasteiger partial charge in [-0.1, -0.05) is 13.8 Å². The number of aromatic nitrogens is 2. The molecule has 0 bridgehead atoms. The molecule has 0 aromatic carbocycles. The third-order valence-corrected chi connectivity index (χ3v) is 3.28. The van der Waals surface area contributed by atoms with Crippen molar-refractivity contribution >= 4 is 11.7 Å². The Hall–Kier alpha value is -1.69. The first-order valence-electron chi connectivity index (χ1n) is 7.54. The molecular weight excluding hydrogens is 268 g/mol. The summed E-state index contributed by atoms with van der Waals surface area (Å²) in [6.07, 6.45) is 2.41. The number of ether oxygens (including phenoxy) is 1. The summed E-state index contributed by atoms with van der Waals surface area (Å²) in [4.78, 5) is 20.6. The van der Waals surface area contributed by atoms with Crippen LogP contribution in [0.3, 0.4) is 0 Å². The van der Waals surface area contributed by atoms with Crippen LogP contribution in [0.4, 0.5) is 5.82 Å². The van der Waals surface area contributed by atoms with Gasteiger partial charge in [0.2, 0.25) is 0 Å². The van der Waals surface area contributed by atoms with Gasteiger partial charge in [0.05, 0.1) is 6.10 Å². The highest BCUT2D eigenvalue weighted by Gasteiger charge is 2.16. The van der Waals surface area contributed by atoms with Crippen molar-refractivity contribution in [2.75, 3.05) is 25.0 Å². The number of aryl methyl sites for hydroxylation is 1. The molecule has 1 saturated heterocycles. The Labute approximate surface area is 125 Å². The molecule has 1 aliphatic rings. The zero-order chi connectivity index (χ0) is 15.2. The van der Waals surface area contributed by atoms with E-state index in [0.29, 0.717) is 36.3 Å². The standard InChI is InChI=1S/C15H24N4O2/c1-10(2)8-17-15(20)13-7-14(19-11(3)18-13)16-9-12-5-4-6-21-12/h7,10,12H,4-6,8-9H2,1-3H3,(H,17,20)(H,16,18,19). The quantitative estimate of drug-likeness (QED) is 0.835. The minimum absolute atomic E-state index is 0.158. The molecule has 0 aliphatic carbocycles. The van der Waals surface area contributed by atoms with Gasteiger partial charge in [0, 0.05) is 25.8 Å². The Morgan fingerprint density at radius 3 is 2.95 bits per heavy atom. The van der Waals surface area contributed by atoms with Crippen LogP contribution in [0.25, 0.3) is 0 Å². The molecule has 0 spiro atoms. The number of anilines is 1. The Balaban J connectivity index is 1.97. The van der Waals surface area contributed by atoms with Gasteiger partial charge in [0.25, 0.3) is 5.91 Å². The summed E-state index contributed by atoms with van der Waals surface area (Å²) in [5.74, 6) is 1.51. The van der Waals surface area contributed by atoms with Gasteiger partial charge in [-0.25, -0.2) is 9.97 Å². The first-order valence-corrected chi connectivity index (χ1v) is 7.54. The fourth-order valence-electron chi connectivity index (χ4n) is 2.19. The smallest absolute Gasteiger partial charge is 0.270 e. The lowest BCUT2D eigenvalue weighted by Gasteiger charge is -2.13. The number of hydrogen-bond acceptors (Lipinski definition) is 5. The molecule has 1 atom stereocenters. The monoisotopic (exact) mass is 292 g/mol. The predicted molar refractivity (Wildman–Crippen MR) is 81.4 cm³/mol. The molecule has 1 amide bonds. The number of hydrogen-bond donors (Lipinski definition) is 2. The zero-order valence-corrected chi connectivity index (χ0v) is 13.0. The van der Waals surface area contributed by atoms with Crippen LogP contribution in [-0.4, -0.2) is 41.7 Å². The van der Waals surface area contributed by atoms with Crippen LogP contribution in [0, 0.1) is 12.8 Å². The Kier molecular flexibility index (Phi) is 5.50. The van der Waals surface area contributed by atoms with Crippen molar-refractivity contribution < 1.29 is 9.53 Å². The van der Waals surface area contributed by atoms with E-state index in [-0.39, 0.29) is 12.0 Å². The molecule has 2 heterocycles. The molecule has 6 heteroatoms. The predicted octanol–water partition coefficient (Wildman–Crippen LogP) is 1.76. The first kappa shape index (κ1) is 15.7. The third-order valence-electron chi connectivity index (χ3n) is 3.28. The van der Waals surface area contributed by atoms with E-state index < -0.39 is 0 Å². The molecule has 0 saturated carbocycles. The SMILES string of the molecule is Cc1nc(NCC2CCCO2)cc(C(=O)NCC(C)C)n1. The van der Waals surface area contributed by atoms with Gasteiger partial charge in [0.15, 0.2) is 0 Å². The van der Waals surface area contributed by atoms with Gasteiger partial charge in [-0.15, -0.1) is 0 Å². The first-order chi connectivity index (χ1) is 10.0. The highest BCUT2D eigenvalue weighted by molar-refractivity contribution is 5.92. The van der Waals surface area contributed by atoms with E-state index in [9.17, 15) is 4.79 Å². The van der Waals surface area contributed by atoms with E-state index in [1.54, 1.807) is 13.0 Å². The van der Waals surface area contributed by atoms with Gasteiger partial charge >= 0.3 is 0 Å². The van der Waals surface area contributed by atoms with Crippen molar-refractivity contribution in [1.82, 2.24) is 15.3 Å². The van der Waals surface area contributed by atoms with Crippen LogP contribution in [-0.2, 0) is 4.74 Å². The molecule has 1 unspecified atom stereocenters. The molecule has 116 valence electrons. The average molecular weight is 292 g/mol. The molecule has 1 fully saturated rings. The molecule has 0 radical (unpaired) electrons. The van der Waals surface area contributed by atoms with E-state index in [1.165, 1.54) is 0 Å². The van der Waals surface area contributed by atoms with Gasteiger partial charge < -0.3 is 15.4 Å². The summed E-state index contributed by atoms with van der Waals surface area (Å²) in [5, 5.41) is 6.10. The lowest BCUT2D eigenvalue weighted by Crippen LogP contribution is -2.28. The van der Waals surface area contributed by atoms with E-state index in [4.69, 9.17) is 4.74 Å². The molecule has 6 nitrogen and oxygen atoms in total. The second kappa shape index (κ2) is 7.36. The third kappa shape index (κ3) is 4.97. The van der Waals surface area contributed by atoms with Crippen molar-refractivity contribution in [2.45, 2.75) is 39.7 Å². The second-order valence-corrected chi connectivity index (χ2v) is 5.81. The number of carbonyl (C=O) groups excluding carboxylic acids is 1. The normalized spacial score (nSPS) is 18.0. The number of carbonyl (C=O) groups is 1. The maximum absolute atomic E-state index is 12.1. The molecule has 1 aliphatic heterocycles. The van der Waals surface area contributed by atoms with E-state index in [2.05, 4.69) is 34.4 Å². The number of amides is 1. The maximum Gasteiger partial charge on any atom is 0.270 e. The fraction of sp³-hybridized carbons (Fsp3) is 0.667. The Morgan fingerprint density at radius 1 is 1.48 bits per heavy atom.